The van der Waals surface area contributed by atoms with E-state index in [-0.39, 0.29) is 12.1 Å². The van der Waals surface area contributed by atoms with Gasteiger partial charge in [0, 0.05) is 39.3 Å². The zero-order valence-corrected chi connectivity index (χ0v) is 25.8. The van der Waals surface area contributed by atoms with E-state index in [4.69, 9.17) is 0 Å². The highest BCUT2D eigenvalue weighted by molar-refractivity contribution is 5.27. The SMILES string of the molecule is c1ccc(CCn2nnnc2[C@@H](c2ccccc2)N2CCN([C@@H](c3ccccc3)c3nnnn3CCc3ccccc3)CC2)cc1. The Kier molecular flexibility index (Phi) is 9.25. The first kappa shape index (κ1) is 29.6. The van der Waals surface area contributed by atoms with Gasteiger partial charge in [-0.3, -0.25) is 9.80 Å². The zero-order chi connectivity index (χ0) is 31.0. The molecule has 0 amide bonds. The van der Waals surface area contributed by atoms with Crippen molar-refractivity contribution in [1.82, 2.24) is 50.2 Å². The Labute approximate surface area is 269 Å². The van der Waals surface area contributed by atoms with Crippen LogP contribution in [0.3, 0.4) is 0 Å². The van der Waals surface area contributed by atoms with E-state index in [0.717, 1.165) is 63.8 Å². The van der Waals surface area contributed by atoms with Gasteiger partial charge < -0.3 is 0 Å². The maximum Gasteiger partial charge on any atom is 0.173 e. The molecule has 232 valence electrons. The van der Waals surface area contributed by atoms with Crippen molar-refractivity contribution in [3.05, 3.63) is 155 Å². The Morgan fingerprint density at radius 1 is 0.457 bits per heavy atom. The fourth-order valence-electron chi connectivity index (χ4n) is 6.46. The summed E-state index contributed by atoms with van der Waals surface area (Å²) in [5, 5.41) is 26.3. The number of nitrogens with zero attached hydrogens (tertiary/aromatic N) is 10. The number of rotatable bonds is 12. The molecule has 6 aromatic rings. The fourth-order valence-corrected chi connectivity index (χ4v) is 6.46. The quantitative estimate of drug-likeness (QED) is 0.198. The molecule has 0 aliphatic carbocycles. The second-order valence-corrected chi connectivity index (χ2v) is 11.7. The van der Waals surface area contributed by atoms with Gasteiger partial charge in [0.05, 0.1) is 12.1 Å². The monoisotopic (exact) mass is 610 g/mol. The van der Waals surface area contributed by atoms with E-state index in [2.05, 4.69) is 150 Å². The van der Waals surface area contributed by atoms with Gasteiger partial charge in [0.25, 0.3) is 0 Å². The molecule has 0 saturated carbocycles. The topological polar surface area (TPSA) is 93.7 Å². The van der Waals surface area contributed by atoms with Gasteiger partial charge in [0.15, 0.2) is 11.6 Å². The largest absolute Gasteiger partial charge is 0.287 e. The van der Waals surface area contributed by atoms with Crippen LogP contribution in [-0.4, -0.2) is 76.4 Å². The van der Waals surface area contributed by atoms with E-state index in [1.807, 2.05) is 21.5 Å². The third-order valence-electron chi connectivity index (χ3n) is 8.83. The van der Waals surface area contributed by atoms with Crippen molar-refractivity contribution in [3.63, 3.8) is 0 Å². The summed E-state index contributed by atoms with van der Waals surface area (Å²) in [6.07, 6.45) is 1.73. The summed E-state index contributed by atoms with van der Waals surface area (Å²) in [6.45, 7) is 4.83. The molecule has 7 rings (SSSR count). The average Bonchev–Trinajstić information content (AvgIpc) is 3.79. The summed E-state index contributed by atoms with van der Waals surface area (Å²) in [4.78, 5) is 5.02. The van der Waals surface area contributed by atoms with E-state index >= 15 is 0 Å². The lowest BCUT2D eigenvalue weighted by Crippen LogP contribution is -2.50. The van der Waals surface area contributed by atoms with Gasteiger partial charge in [-0.25, -0.2) is 9.36 Å². The molecule has 0 unspecified atom stereocenters. The molecule has 1 fully saturated rings. The predicted octanol–water partition coefficient (Wildman–Crippen LogP) is 4.64. The first-order valence-corrected chi connectivity index (χ1v) is 16.0. The Hall–Kier alpha value is -5.06. The lowest BCUT2D eigenvalue weighted by atomic mass is 10.0. The summed E-state index contributed by atoms with van der Waals surface area (Å²) < 4.78 is 3.95. The first-order valence-electron chi connectivity index (χ1n) is 16.0. The molecule has 0 radical (unpaired) electrons. The second-order valence-electron chi connectivity index (χ2n) is 11.7. The fraction of sp³-hybridized carbons (Fsp3) is 0.278. The summed E-state index contributed by atoms with van der Waals surface area (Å²) in [7, 11) is 0. The predicted molar refractivity (Wildman–Crippen MR) is 176 cm³/mol. The van der Waals surface area contributed by atoms with Gasteiger partial charge in [-0.2, -0.15) is 0 Å². The van der Waals surface area contributed by atoms with Gasteiger partial charge in [-0.15, -0.1) is 10.2 Å². The van der Waals surface area contributed by atoms with Crippen molar-refractivity contribution >= 4 is 0 Å². The third-order valence-corrected chi connectivity index (χ3v) is 8.83. The molecule has 4 aromatic carbocycles. The van der Waals surface area contributed by atoms with E-state index in [0.29, 0.717) is 0 Å². The van der Waals surface area contributed by atoms with E-state index in [1.165, 1.54) is 22.3 Å². The van der Waals surface area contributed by atoms with E-state index < -0.39 is 0 Å². The third kappa shape index (κ3) is 6.78. The van der Waals surface area contributed by atoms with Crippen molar-refractivity contribution in [2.45, 2.75) is 38.0 Å². The van der Waals surface area contributed by atoms with Gasteiger partial charge in [0.1, 0.15) is 0 Å². The molecular weight excluding hydrogens is 572 g/mol. The summed E-state index contributed by atoms with van der Waals surface area (Å²) >= 11 is 0. The van der Waals surface area contributed by atoms with Crippen LogP contribution < -0.4 is 0 Å². The standard InChI is InChI=1S/C36H38N10/c1-5-13-29(14-6-1)21-23-45-35(37-39-41-45)33(31-17-9-3-10-18-31)43-25-27-44(28-26-43)34(32-19-11-4-12-20-32)36-38-40-42-46(36)24-22-30-15-7-2-8-16-30/h1-20,33-34H,21-28H2/t33-,34+. The average molecular weight is 611 g/mol. The van der Waals surface area contributed by atoms with Crippen LogP contribution in [0.5, 0.6) is 0 Å². The molecule has 46 heavy (non-hydrogen) atoms. The van der Waals surface area contributed by atoms with Crippen LogP contribution in [0, 0.1) is 0 Å². The minimum absolute atomic E-state index is 0.0551. The van der Waals surface area contributed by atoms with Crippen molar-refractivity contribution in [3.8, 4) is 0 Å². The van der Waals surface area contributed by atoms with Crippen molar-refractivity contribution in [2.24, 2.45) is 0 Å². The molecular formula is C36H38N10. The molecule has 0 bridgehead atoms. The number of benzene rings is 4. The smallest absolute Gasteiger partial charge is 0.173 e. The van der Waals surface area contributed by atoms with Gasteiger partial charge in [-0.05, 0) is 55.9 Å². The second kappa shape index (κ2) is 14.4. The molecule has 2 aromatic heterocycles. The zero-order valence-electron chi connectivity index (χ0n) is 25.8. The minimum atomic E-state index is -0.0551. The van der Waals surface area contributed by atoms with Crippen LogP contribution in [0.15, 0.2) is 121 Å². The van der Waals surface area contributed by atoms with Crippen LogP contribution in [0.25, 0.3) is 0 Å². The Morgan fingerprint density at radius 2 is 0.804 bits per heavy atom. The summed E-state index contributed by atoms with van der Waals surface area (Å²) in [5.41, 5.74) is 4.92. The lowest BCUT2D eigenvalue weighted by Gasteiger charge is -2.41. The molecule has 2 atom stereocenters. The van der Waals surface area contributed by atoms with Crippen LogP contribution in [0.1, 0.15) is 46.0 Å². The number of tetrazole rings is 2. The number of aryl methyl sites for hydroxylation is 4. The lowest BCUT2D eigenvalue weighted by molar-refractivity contribution is 0.0822. The molecule has 0 N–H and O–H groups in total. The normalized spacial score (nSPS) is 15.5. The molecule has 3 heterocycles. The molecule has 0 spiro atoms. The number of hydrogen-bond donors (Lipinski definition) is 0. The summed E-state index contributed by atoms with van der Waals surface area (Å²) in [5.74, 6) is 1.75. The van der Waals surface area contributed by atoms with E-state index in [9.17, 15) is 0 Å². The highest BCUT2D eigenvalue weighted by atomic mass is 15.6. The number of hydrogen-bond acceptors (Lipinski definition) is 8. The Balaban J connectivity index is 1.12. The molecule has 1 saturated heterocycles. The highest BCUT2D eigenvalue weighted by Crippen LogP contribution is 2.32. The molecule has 10 heteroatoms. The van der Waals surface area contributed by atoms with Crippen molar-refractivity contribution < 1.29 is 0 Å². The highest BCUT2D eigenvalue weighted by Gasteiger charge is 2.35. The maximum absolute atomic E-state index is 4.60. The van der Waals surface area contributed by atoms with Crippen LogP contribution >= 0.6 is 0 Å². The maximum atomic E-state index is 4.60. The van der Waals surface area contributed by atoms with Gasteiger partial charge >= 0.3 is 0 Å². The van der Waals surface area contributed by atoms with Crippen LogP contribution in [0.2, 0.25) is 0 Å². The van der Waals surface area contributed by atoms with Gasteiger partial charge in [-0.1, -0.05) is 121 Å². The minimum Gasteiger partial charge on any atom is -0.287 e. The van der Waals surface area contributed by atoms with E-state index in [1.54, 1.807) is 0 Å². The number of aromatic nitrogens is 8. The number of piperazine rings is 1. The molecule has 10 nitrogen and oxygen atoms in total. The van der Waals surface area contributed by atoms with Crippen molar-refractivity contribution in [1.29, 1.82) is 0 Å². The van der Waals surface area contributed by atoms with Crippen LogP contribution in [-0.2, 0) is 25.9 Å². The van der Waals surface area contributed by atoms with Crippen molar-refractivity contribution in [2.75, 3.05) is 26.2 Å². The summed E-state index contributed by atoms with van der Waals surface area (Å²) in [6, 6.07) is 42.1. The molecule has 1 aliphatic rings. The van der Waals surface area contributed by atoms with Crippen LogP contribution in [0.4, 0.5) is 0 Å². The Morgan fingerprint density at radius 3 is 1.17 bits per heavy atom. The van der Waals surface area contributed by atoms with Gasteiger partial charge in [0.2, 0.25) is 0 Å². The molecule has 1 aliphatic heterocycles. The first-order chi connectivity index (χ1) is 22.8. The Bertz CT molecular complexity index is 1630.